The molecule has 0 spiro atoms. The Morgan fingerprint density at radius 2 is 1.88 bits per heavy atom. The van der Waals surface area contributed by atoms with Crippen LogP contribution in [0.1, 0.15) is 0 Å². The third kappa shape index (κ3) is 3.83. The van der Waals surface area contributed by atoms with Crippen LogP contribution >= 0.6 is 0 Å². The second kappa shape index (κ2) is 8.10. The smallest absolute Gasteiger partial charge is 0.229 e. The zero-order valence-corrected chi connectivity index (χ0v) is 18.2. The Morgan fingerprint density at radius 3 is 2.79 bits per heavy atom. The van der Waals surface area contributed by atoms with Gasteiger partial charge in [0.25, 0.3) is 0 Å². The quantitative estimate of drug-likeness (QED) is 0.441. The number of piperazine rings is 1. The van der Waals surface area contributed by atoms with Gasteiger partial charge in [0.2, 0.25) is 5.95 Å². The van der Waals surface area contributed by atoms with E-state index in [-0.39, 0.29) is 0 Å². The van der Waals surface area contributed by atoms with Gasteiger partial charge in [-0.1, -0.05) is 6.07 Å². The molecule has 5 heterocycles. The summed E-state index contributed by atoms with van der Waals surface area (Å²) in [7, 11) is 2.15. The van der Waals surface area contributed by atoms with Crippen molar-refractivity contribution in [2.24, 2.45) is 0 Å². The molecule has 4 aromatic heterocycles. The number of rotatable bonds is 4. The van der Waals surface area contributed by atoms with Crippen molar-refractivity contribution in [1.82, 2.24) is 34.8 Å². The van der Waals surface area contributed by atoms with E-state index in [1.165, 1.54) is 0 Å². The molecule has 9 nitrogen and oxygen atoms in total. The van der Waals surface area contributed by atoms with Crippen LogP contribution in [0.3, 0.4) is 0 Å². The molecule has 1 aromatic carbocycles. The molecule has 0 bridgehead atoms. The molecule has 0 atom stereocenters. The van der Waals surface area contributed by atoms with E-state index in [0.29, 0.717) is 5.95 Å². The SMILES string of the molecule is CN1CCN(c2cc(Nc3ncc4c(-c5ccc6ncncc6c5)c[nH]c4n3)ccn2)CC1. The Bertz CT molecular complexity index is 1440. The average molecular weight is 438 g/mol. The van der Waals surface area contributed by atoms with Crippen molar-refractivity contribution in [3.05, 3.63) is 61.4 Å². The molecule has 33 heavy (non-hydrogen) atoms. The van der Waals surface area contributed by atoms with E-state index in [4.69, 9.17) is 0 Å². The van der Waals surface area contributed by atoms with Crippen LogP contribution in [0.5, 0.6) is 0 Å². The van der Waals surface area contributed by atoms with E-state index < -0.39 is 0 Å². The van der Waals surface area contributed by atoms with Gasteiger partial charge in [-0.2, -0.15) is 4.98 Å². The molecule has 1 aliphatic heterocycles. The van der Waals surface area contributed by atoms with Crippen LogP contribution in [-0.2, 0) is 0 Å². The summed E-state index contributed by atoms with van der Waals surface area (Å²) in [5.41, 5.74) is 4.73. The van der Waals surface area contributed by atoms with Crippen LogP contribution in [0.15, 0.2) is 61.4 Å². The normalized spacial score (nSPS) is 14.8. The molecule has 1 saturated heterocycles. The minimum Gasteiger partial charge on any atom is -0.354 e. The Balaban J connectivity index is 1.26. The number of pyridine rings is 1. The van der Waals surface area contributed by atoms with Crippen molar-refractivity contribution >= 4 is 39.4 Å². The highest BCUT2D eigenvalue weighted by Gasteiger charge is 2.16. The van der Waals surface area contributed by atoms with Crippen LogP contribution in [0, 0.1) is 0 Å². The van der Waals surface area contributed by atoms with E-state index >= 15 is 0 Å². The topological polar surface area (TPSA) is 98.8 Å². The summed E-state index contributed by atoms with van der Waals surface area (Å²) in [5, 5.41) is 5.28. The molecular formula is C24H23N9. The number of hydrogen-bond acceptors (Lipinski definition) is 8. The number of fused-ring (bicyclic) bond motifs is 2. The fourth-order valence-corrected chi connectivity index (χ4v) is 4.19. The fraction of sp³-hybridized carbons (Fsp3) is 0.208. The van der Waals surface area contributed by atoms with Gasteiger partial charge in [-0.05, 0) is 30.8 Å². The van der Waals surface area contributed by atoms with E-state index in [2.05, 4.69) is 70.3 Å². The minimum atomic E-state index is 0.540. The summed E-state index contributed by atoms with van der Waals surface area (Å²) in [6, 6.07) is 10.1. The first-order chi connectivity index (χ1) is 16.2. The second-order valence-electron chi connectivity index (χ2n) is 8.27. The van der Waals surface area contributed by atoms with Gasteiger partial charge in [-0.25, -0.2) is 19.9 Å². The number of H-pyrrole nitrogens is 1. The van der Waals surface area contributed by atoms with Gasteiger partial charge in [0.15, 0.2) is 0 Å². The Morgan fingerprint density at radius 1 is 0.970 bits per heavy atom. The predicted octanol–water partition coefficient (Wildman–Crippen LogP) is 3.46. The summed E-state index contributed by atoms with van der Waals surface area (Å²) in [4.78, 5) is 30.1. The van der Waals surface area contributed by atoms with E-state index in [9.17, 15) is 0 Å². The van der Waals surface area contributed by atoms with Crippen LogP contribution in [0.2, 0.25) is 0 Å². The Kier molecular flexibility index (Phi) is 4.80. The summed E-state index contributed by atoms with van der Waals surface area (Å²) < 4.78 is 0. The van der Waals surface area contributed by atoms with Crippen molar-refractivity contribution in [2.75, 3.05) is 43.4 Å². The third-order valence-electron chi connectivity index (χ3n) is 6.08. The molecule has 0 amide bonds. The molecule has 0 radical (unpaired) electrons. The van der Waals surface area contributed by atoms with Crippen molar-refractivity contribution in [3.8, 4) is 11.1 Å². The molecule has 2 N–H and O–H groups in total. The molecule has 0 unspecified atom stereocenters. The van der Waals surface area contributed by atoms with Gasteiger partial charge in [0, 0.05) is 79.1 Å². The molecule has 6 rings (SSSR count). The van der Waals surface area contributed by atoms with Crippen LogP contribution in [0.25, 0.3) is 33.1 Å². The highest BCUT2D eigenvalue weighted by molar-refractivity contribution is 5.96. The number of aromatic amines is 1. The largest absolute Gasteiger partial charge is 0.354 e. The van der Waals surface area contributed by atoms with Crippen LogP contribution in [-0.4, -0.2) is 68.0 Å². The molecule has 9 heteroatoms. The first-order valence-electron chi connectivity index (χ1n) is 10.9. The first kappa shape index (κ1) is 19.6. The monoisotopic (exact) mass is 437 g/mol. The van der Waals surface area contributed by atoms with Gasteiger partial charge in [-0.3, -0.25) is 0 Å². The van der Waals surface area contributed by atoms with Crippen LogP contribution < -0.4 is 10.2 Å². The van der Waals surface area contributed by atoms with Crippen molar-refractivity contribution in [2.45, 2.75) is 0 Å². The average Bonchev–Trinajstić information content (AvgIpc) is 3.28. The second-order valence-corrected chi connectivity index (χ2v) is 8.27. The number of likely N-dealkylation sites (N-methyl/N-ethyl adjacent to an activating group) is 1. The maximum absolute atomic E-state index is 4.69. The number of hydrogen-bond donors (Lipinski definition) is 2. The number of nitrogens with zero attached hydrogens (tertiary/aromatic N) is 7. The van der Waals surface area contributed by atoms with Gasteiger partial charge >= 0.3 is 0 Å². The van der Waals surface area contributed by atoms with E-state index in [1.54, 1.807) is 6.33 Å². The lowest BCUT2D eigenvalue weighted by atomic mass is 10.0. The highest BCUT2D eigenvalue weighted by atomic mass is 15.3. The van der Waals surface area contributed by atoms with Crippen molar-refractivity contribution in [3.63, 3.8) is 0 Å². The van der Waals surface area contributed by atoms with Crippen molar-refractivity contribution in [1.29, 1.82) is 0 Å². The molecule has 1 fully saturated rings. The van der Waals surface area contributed by atoms with Gasteiger partial charge in [0.05, 0.1) is 5.52 Å². The summed E-state index contributed by atoms with van der Waals surface area (Å²) in [5.74, 6) is 1.51. The van der Waals surface area contributed by atoms with E-state index in [0.717, 1.165) is 70.7 Å². The predicted molar refractivity (Wildman–Crippen MR) is 130 cm³/mol. The van der Waals surface area contributed by atoms with E-state index in [1.807, 2.05) is 36.9 Å². The zero-order chi connectivity index (χ0) is 22.2. The summed E-state index contributed by atoms with van der Waals surface area (Å²) >= 11 is 0. The maximum atomic E-state index is 4.69. The summed E-state index contributed by atoms with van der Waals surface area (Å²) in [6.45, 7) is 4.03. The molecule has 1 aliphatic rings. The maximum Gasteiger partial charge on any atom is 0.229 e. The van der Waals surface area contributed by atoms with Gasteiger partial charge in [0.1, 0.15) is 17.8 Å². The molecule has 0 aliphatic carbocycles. The molecular weight excluding hydrogens is 414 g/mol. The van der Waals surface area contributed by atoms with Gasteiger partial charge < -0.3 is 20.1 Å². The number of benzene rings is 1. The van der Waals surface area contributed by atoms with Crippen molar-refractivity contribution < 1.29 is 0 Å². The molecule has 5 aromatic rings. The third-order valence-corrected chi connectivity index (χ3v) is 6.08. The lowest BCUT2D eigenvalue weighted by Gasteiger charge is -2.33. The molecule has 164 valence electrons. The number of aromatic nitrogens is 6. The molecule has 0 saturated carbocycles. The minimum absolute atomic E-state index is 0.540. The lowest BCUT2D eigenvalue weighted by Crippen LogP contribution is -2.44. The number of anilines is 3. The summed E-state index contributed by atoms with van der Waals surface area (Å²) in [6.07, 6.45) is 9.03. The Labute approximate surface area is 190 Å². The first-order valence-corrected chi connectivity index (χ1v) is 10.9. The lowest BCUT2D eigenvalue weighted by molar-refractivity contribution is 0.312. The Hall–Kier alpha value is -4.11. The number of nitrogens with one attached hydrogen (secondary N) is 2. The standard InChI is InChI=1S/C24H23N9/c1-32-6-8-33(9-7-32)22-11-18(4-5-26-22)30-24-28-14-20-19(13-27-23(20)31-24)16-2-3-21-17(10-16)12-25-15-29-21/h2-5,10-15H,6-9H2,1H3,(H2,26,27,28,30,31). The highest BCUT2D eigenvalue weighted by Crippen LogP contribution is 2.30. The fourth-order valence-electron chi connectivity index (χ4n) is 4.19. The van der Waals surface area contributed by atoms with Crippen LogP contribution in [0.4, 0.5) is 17.5 Å². The zero-order valence-electron chi connectivity index (χ0n) is 18.2. The van der Waals surface area contributed by atoms with Gasteiger partial charge in [-0.15, -0.1) is 0 Å².